The minimum Gasteiger partial charge on any atom is -0.378 e. The van der Waals surface area contributed by atoms with Crippen LogP contribution >= 0.6 is 0 Å². The fourth-order valence-electron chi connectivity index (χ4n) is 2.93. The van der Waals surface area contributed by atoms with Gasteiger partial charge in [0.1, 0.15) is 5.82 Å². The second kappa shape index (κ2) is 6.06. The van der Waals surface area contributed by atoms with Crippen molar-refractivity contribution in [1.82, 2.24) is 14.5 Å². The van der Waals surface area contributed by atoms with Gasteiger partial charge in [0, 0.05) is 25.0 Å². The number of nitrogens with zero attached hydrogens (tertiary/aromatic N) is 3. The van der Waals surface area contributed by atoms with E-state index >= 15 is 0 Å². The van der Waals surface area contributed by atoms with Crippen LogP contribution in [0.15, 0.2) is 12.4 Å². The molecule has 1 saturated heterocycles. The quantitative estimate of drug-likeness (QED) is 0.757. The summed E-state index contributed by atoms with van der Waals surface area (Å²) in [6, 6.07) is 0.734. The maximum absolute atomic E-state index is 5.66. The van der Waals surface area contributed by atoms with Crippen molar-refractivity contribution in [3.63, 3.8) is 0 Å². The topological polar surface area (TPSA) is 30.3 Å². The van der Waals surface area contributed by atoms with E-state index in [4.69, 9.17) is 4.74 Å². The zero-order valence-corrected chi connectivity index (χ0v) is 11.9. The first kappa shape index (κ1) is 13.1. The number of aromatic nitrogens is 2. The van der Waals surface area contributed by atoms with Crippen molar-refractivity contribution in [2.45, 2.75) is 57.2 Å². The summed E-state index contributed by atoms with van der Waals surface area (Å²) in [5.74, 6) is 1.22. The molecule has 0 amide bonds. The molecule has 0 unspecified atom stereocenters. The van der Waals surface area contributed by atoms with Gasteiger partial charge in [-0.25, -0.2) is 4.98 Å². The van der Waals surface area contributed by atoms with E-state index in [0.717, 1.165) is 25.7 Å². The van der Waals surface area contributed by atoms with Gasteiger partial charge < -0.3 is 9.30 Å². The van der Waals surface area contributed by atoms with E-state index in [1.165, 1.54) is 44.3 Å². The summed E-state index contributed by atoms with van der Waals surface area (Å²) < 4.78 is 8.02. The largest absolute Gasteiger partial charge is 0.378 e. The third-order valence-electron chi connectivity index (χ3n) is 4.19. The summed E-state index contributed by atoms with van der Waals surface area (Å²) in [5.41, 5.74) is 0. The van der Waals surface area contributed by atoms with Crippen LogP contribution < -0.4 is 0 Å². The van der Waals surface area contributed by atoms with Gasteiger partial charge in [0.2, 0.25) is 0 Å². The van der Waals surface area contributed by atoms with Crippen LogP contribution in [0.4, 0.5) is 0 Å². The van der Waals surface area contributed by atoms with Crippen LogP contribution in [0, 0.1) is 0 Å². The van der Waals surface area contributed by atoms with Gasteiger partial charge in [-0.1, -0.05) is 0 Å². The van der Waals surface area contributed by atoms with Crippen LogP contribution in [0.1, 0.15) is 50.4 Å². The molecule has 106 valence electrons. The number of imidazole rings is 1. The van der Waals surface area contributed by atoms with Gasteiger partial charge in [-0.05, 0) is 52.1 Å². The Morgan fingerprint density at radius 3 is 3.05 bits per heavy atom. The lowest BCUT2D eigenvalue weighted by atomic mass is 10.1. The SMILES string of the molecule is CN(CCC[C@H]1CCCO1)Cc1nccn1C1CC1. The zero-order valence-electron chi connectivity index (χ0n) is 11.9. The molecule has 2 fully saturated rings. The average molecular weight is 263 g/mol. The van der Waals surface area contributed by atoms with Crippen LogP contribution in [-0.2, 0) is 11.3 Å². The molecule has 1 aromatic heterocycles. The van der Waals surface area contributed by atoms with E-state index in [2.05, 4.69) is 27.7 Å². The summed E-state index contributed by atoms with van der Waals surface area (Å²) in [6.45, 7) is 3.08. The van der Waals surface area contributed by atoms with E-state index < -0.39 is 0 Å². The lowest BCUT2D eigenvalue weighted by molar-refractivity contribution is 0.0994. The second-order valence-electron chi connectivity index (χ2n) is 6.00. The molecule has 1 atom stereocenters. The van der Waals surface area contributed by atoms with Crippen molar-refractivity contribution >= 4 is 0 Å². The van der Waals surface area contributed by atoms with Gasteiger partial charge in [0.05, 0.1) is 12.6 Å². The molecule has 1 aliphatic heterocycles. The van der Waals surface area contributed by atoms with E-state index in [9.17, 15) is 0 Å². The highest BCUT2D eigenvalue weighted by Gasteiger charge is 2.25. The van der Waals surface area contributed by atoms with Crippen LogP contribution in [-0.4, -0.2) is 40.8 Å². The van der Waals surface area contributed by atoms with Crippen molar-refractivity contribution < 1.29 is 4.74 Å². The summed E-state index contributed by atoms with van der Waals surface area (Å²) in [7, 11) is 2.20. The van der Waals surface area contributed by atoms with Gasteiger partial charge in [-0.15, -0.1) is 0 Å². The molecule has 0 aromatic carbocycles. The van der Waals surface area contributed by atoms with Crippen molar-refractivity contribution in [2.24, 2.45) is 0 Å². The minimum absolute atomic E-state index is 0.529. The fraction of sp³-hybridized carbons (Fsp3) is 0.800. The van der Waals surface area contributed by atoms with E-state index in [0.29, 0.717) is 6.10 Å². The Morgan fingerprint density at radius 2 is 2.32 bits per heavy atom. The third kappa shape index (κ3) is 3.57. The van der Waals surface area contributed by atoms with Gasteiger partial charge in [0.25, 0.3) is 0 Å². The minimum atomic E-state index is 0.529. The summed E-state index contributed by atoms with van der Waals surface area (Å²) in [6.07, 6.45) is 12.2. The predicted molar refractivity (Wildman–Crippen MR) is 75.0 cm³/mol. The van der Waals surface area contributed by atoms with Gasteiger partial charge in [0.15, 0.2) is 0 Å². The number of rotatable bonds is 7. The number of hydrogen-bond acceptors (Lipinski definition) is 3. The van der Waals surface area contributed by atoms with Gasteiger partial charge in [-0.2, -0.15) is 0 Å². The van der Waals surface area contributed by atoms with E-state index in [-0.39, 0.29) is 0 Å². The Balaban J connectivity index is 1.40. The molecule has 0 spiro atoms. The maximum Gasteiger partial charge on any atom is 0.123 e. The van der Waals surface area contributed by atoms with Crippen LogP contribution in [0.3, 0.4) is 0 Å². The molecule has 0 radical (unpaired) electrons. The zero-order chi connectivity index (χ0) is 13.1. The van der Waals surface area contributed by atoms with E-state index in [1.807, 2.05) is 6.20 Å². The van der Waals surface area contributed by atoms with Gasteiger partial charge >= 0.3 is 0 Å². The Labute approximate surface area is 115 Å². The molecular formula is C15H25N3O. The Morgan fingerprint density at radius 1 is 1.42 bits per heavy atom. The highest BCUT2D eigenvalue weighted by molar-refractivity contribution is 4.99. The molecule has 4 nitrogen and oxygen atoms in total. The molecule has 0 N–H and O–H groups in total. The first-order valence-electron chi connectivity index (χ1n) is 7.65. The fourth-order valence-corrected chi connectivity index (χ4v) is 2.93. The second-order valence-corrected chi connectivity index (χ2v) is 6.00. The van der Waals surface area contributed by atoms with Crippen molar-refractivity contribution in [1.29, 1.82) is 0 Å². The molecule has 2 heterocycles. The van der Waals surface area contributed by atoms with Crippen LogP contribution in [0.2, 0.25) is 0 Å². The Kier molecular flexibility index (Phi) is 4.18. The first-order chi connectivity index (χ1) is 9.33. The molecule has 19 heavy (non-hydrogen) atoms. The molecule has 1 saturated carbocycles. The number of ether oxygens (including phenoxy) is 1. The number of hydrogen-bond donors (Lipinski definition) is 0. The monoisotopic (exact) mass is 263 g/mol. The van der Waals surface area contributed by atoms with E-state index in [1.54, 1.807) is 0 Å². The third-order valence-corrected chi connectivity index (χ3v) is 4.19. The van der Waals surface area contributed by atoms with Crippen molar-refractivity contribution in [2.75, 3.05) is 20.2 Å². The van der Waals surface area contributed by atoms with Crippen LogP contribution in [0.25, 0.3) is 0 Å². The summed E-state index contributed by atoms with van der Waals surface area (Å²) in [5, 5.41) is 0. The molecule has 1 aliphatic carbocycles. The maximum atomic E-state index is 5.66. The predicted octanol–water partition coefficient (Wildman–Crippen LogP) is 2.61. The average Bonchev–Trinajstić information content (AvgIpc) is 2.91. The molecule has 4 heteroatoms. The first-order valence-corrected chi connectivity index (χ1v) is 7.65. The molecule has 1 aromatic rings. The van der Waals surface area contributed by atoms with Gasteiger partial charge in [-0.3, -0.25) is 4.90 Å². The Hall–Kier alpha value is -0.870. The Bertz CT molecular complexity index is 394. The normalized spacial score (nSPS) is 23.4. The standard InChI is InChI=1S/C15H25N3O/c1-17(9-2-4-14-5-3-11-19-14)12-15-16-8-10-18(15)13-6-7-13/h8,10,13-14H,2-7,9,11-12H2,1H3/t14-/m0/s1. The molecule has 3 rings (SSSR count). The summed E-state index contributed by atoms with van der Waals surface area (Å²) in [4.78, 5) is 6.88. The lowest BCUT2D eigenvalue weighted by Crippen LogP contribution is -2.22. The highest BCUT2D eigenvalue weighted by Crippen LogP contribution is 2.35. The van der Waals surface area contributed by atoms with Crippen molar-refractivity contribution in [3.05, 3.63) is 18.2 Å². The van der Waals surface area contributed by atoms with Crippen LogP contribution in [0.5, 0.6) is 0 Å². The van der Waals surface area contributed by atoms with Crippen molar-refractivity contribution in [3.8, 4) is 0 Å². The molecular weight excluding hydrogens is 238 g/mol. The molecule has 0 bridgehead atoms. The lowest BCUT2D eigenvalue weighted by Gasteiger charge is -2.18. The summed E-state index contributed by atoms with van der Waals surface area (Å²) >= 11 is 0. The highest BCUT2D eigenvalue weighted by atomic mass is 16.5. The smallest absolute Gasteiger partial charge is 0.123 e. The molecule has 2 aliphatic rings.